The van der Waals surface area contributed by atoms with Crippen LogP contribution in [0.2, 0.25) is 0 Å². The van der Waals surface area contributed by atoms with Gasteiger partial charge in [-0.05, 0) is 57.3 Å². The molecule has 0 rings (SSSR count). The van der Waals surface area contributed by atoms with E-state index >= 15 is 0 Å². The van der Waals surface area contributed by atoms with Crippen molar-refractivity contribution < 1.29 is 80.2 Å². The van der Waals surface area contributed by atoms with E-state index in [1.807, 2.05) is 0 Å². The number of phosphoric ester groups is 2. The number of hydrogen-bond acceptors (Lipinski definition) is 15. The molecule has 3 N–H and O–H groups in total. The number of hydrogen-bond donors (Lipinski definition) is 3. The lowest BCUT2D eigenvalue weighted by Gasteiger charge is -2.21. The molecule has 518 valence electrons. The van der Waals surface area contributed by atoms with Crippen molar-refractivity contribution in [2.75, 3.05) is 39.6 Å². The molecule has 0 radical (unpaired) electrons. The van der Waals surface area contributed by atoms with Crippen molar-refractivity contribution in [1.29, 1.82) is 0 Å². The molecule has 0 aromatic heterocycles. The van der Waals surface area contributed by atoms with Gasteiger partial charge in [0.05, 0.1) is 26.4 Å². The Balaban J connectivity index is 5.28. The van der Waals surface area contributed by atoms with Crippen LogP contribution in [0.1, 0.15) is 330 Å². The first-order valence-corrected chi connectivity index (χ1v) is 38.4. The first-order chi connectivity index (χ1) is 42.5. The third kappa shape index (κ3) is 62.4. The Morgan fingerprint density at radius 1 is 0.352 bits per heavy atom. The molecule has 0 saturated carbocycles. The summed E-state index contributed by atoms with van der Waals surface area (Å²) >= 11 is 0. The maximum atomic E-state index is 13.0. The van der Waals surface area contributed by atoms with E-state index in [-0.39, 0.29) is 25.7 Å². The molecule has 0 fully saturated rings. The van der Waals surface area contributed by atoms with Crippen molar-refractivity contribution in [2.24, 2.45) is 5.92 Å². The van der Waals surface area contributed by atoms with Gasteiger partial charge < -0.3 is 33.8 Å². The average Bonchev–Trinajstić information content (AvgIpc) is 3.66. The van der Waals surface area contributed by atoms with Gasteiger partial charge in [-0.3, -0.25) is 37.3 Å². The van der Waals surface area contributed by atoms with E-state index in [1.54, 1.807) is 0 Å². The summed E-state index contributed by atoms with van der Waals surface area (Å²) in [7, 11) is -9.91. The molecule has 0 aliphatic rings. The van der Waals surface area contributed by atoms with Gasteiger partial charge in [-0.2, -0.15) is 0 Å². The van der Waals surface area contributed by atoms with Crippen molar-refractivity contribution >= 4 is 39.5 Å². The SMILES string of the molecule is CCCCCC/C=C\C=C/CCCCCCCC(=O)O[C@H](COC(=O)CCCCCCCCCCC(C)C)COP(=O)(O)OC[C@@H](O)COP(=O)(O)OC[C@@H](COC(=O)CCCCCCCCCCCCC)OC(=O)CCCCCCCCCCCCC. The zero-order valence-corrected chi connectivity index (χ0v) is 58.1. The highest BCUT2D eigenvalue weighted by Crippen LogP contribution is 2.45. The second kappa shape index (κ2) is 62.0. The highest BCUT2D eigenvalue weighted by Gasteiger charge is 2.30. The van der Waals surface area contributed by atoms with Gasteiger partial charge in [-0.1, -0.05) is 277 Å². The van der Waals surface area contributed by atoms with E-state index in [0.29, 0.717) is 25.7 Å². The summed E-state index contributed by atoms with van der Waals surface area (Å²) in [5.41, 5.74) is 0. The van der Waals surface area contributed by atoms with Crippen LogP contribution >= 0.6 is 15.6 Å². The quantitative estimate of drug-likeness (QED) is 0.0169. The van der Waals surface area contributed by atoms with Gasteiger partial charge in [0.15, 0.2) is 12.2 Å². The molecule has 0 spiro atoms. The number of unbranched alkanes of at least 4 members (excludes halogenated alkanes) is 36. The molecular weight excluding hydrogens is 1160 g/mol. The minimum Gasteiger partial charge on any atom is -0.462 e. The summed E-state index contributed by atoms with van der Waals surface area (Å²) in [6.07, 6.45) is 50.7. The highest BCUT2D eigenvalue weighted by molar-refractivity contribution is 7.47. The van der Waals surface area contributed by atoms with Gasteiger partial charge >= 0.3 is 39.5 Å². The molecule has 5 atom stereocenters. The number of aliphatic hydroxyl groups is 1. The predicted octanol–water partition coefficient (Wildman–Crippen LogP) is 19.3. The molecule has 0 aromatic rings. The van der Waals surface area contributed by atoms with Gasteiger partial charge in [0.1, 0.15) is 19.3 Å². The Hall–Kier alpha value is -2.46. The maximum absolute atomic E-state index is 13.0. The number of phosphoric acid groups is 2. The summed E-state index contributed by atoms with van der Waals surface area (Å²) in [6.45, 7) is 7.13. The summed E-state index contributed by atoms with van der Waals surface area (Å²) in [5, 5.41) is 10.6. The van der Waals surface area contributed by atoms with Crippen molar-refractivity contribution in [3.05, 3.63) is 24.3 Å². The lowest BCUT2D eigenvalue weighted by Crippen LogP contribution is -2.30. The van der Waals surface area contributed by atoms with E-state index in [9.17, 15) is 43.2 Å². The Morgan fingerprint density at radius 3 is 0.932 bits per heavy atom. The maximum Gasteiger partial charge on any atom is 0.472 e. The molecule has 0 amide bonds. The number of allylic oxidation sites excluding steroid dienone is 4. The molecule has 0 aliphatic carbocycles. The van der Waals surface area contributed by atoms with E-state index in [4.69, 9.17) is 37.0 Å². The third-order valence-electron chi connectivity index (χ3n) is 15.4. The van der Waals surface area contributed by atoms with E-state index in [0.717, 1.165) is 115 Å². The minimum absolute atomic E-state index is 0.0846. The fourth-order valence-electron chi connectivity index (χ4n) is 9.93. The number of carbonyl (C=O) groups excluding carboxylic acids is 4. The molecule has 0 aromatic carbocycles. The second-order valence-electron chi connectivity index (χ2n) is 24.7. The lowest BCUT2D eigenvalue weighted by atomic mass is 10.0. The van der Waals surface area contributed by atoms with Crippen LogP contribution in [0.3, 0.4) is 0 Å². The van der Waals surface area contributed by atoms with E-state index in [1.165, 1.54) is 135 Å². The second-order valence-corrected chi connectivity index (χ2v) is 27.6. The third-order valence-corrected chi connectivity index (χ3v) is 17.3. The van der Waals surface area contributed by atoms with Crippen molar-refractivity contribution in [1.82, 2.24) is 0 Å². The first-order valence-electron chi connectivity index (χ1n) is 35.5. The van der Waals surface area contributed by atoms with Crippen LogP contribution in [0.4, 0.5) is 0 Å². The molecule has 17 nitrogen and oxygen atoms in total. The average molecular weight is 1290 g/mol. The molecule has 0 aliphatic heterocycles. The number of rotatable bonds is 67. The zero-order chi connectivity index (χ0) is 64.9. The van der Waals surface area contributed by atoms with Crippen LogP contribution in [0, 0.1) is 5.92 Å². The Labute approximate surface area is 535 Å². The summed E-state index contributed by atoms with van der Waals surface area (Å²) in [5.74, 6) is -1.43. The van der Waals surface area contributed by atoms with Gasteiger partial charge in [-0.25, -0.2) is 9.13 Å². The Bertz CT molecular complexity index is 1800. The summed E-state index contributed by atoms with van der Waals surface area (Å²) in [6, 6.07) is 0. The van der Waals surface area contributed by atoms with Crippen LogP contribution in [-0.2, 0) is 65.4 Å². The lowest BCUT2D eigenvalue weighted by molar-refractivity contribution is -0.161. The topological polar surface area (TPSA) is 237 Å². The molecule has 0 saturated heterocycles. The van der Waals surface area contributed by atoms with Crippen LogP contribution in [0.15, 0.2) is 24.3 Å². The Kier molecular flexibility index (Phi) is 60.3. The number of ether oxygens (including phenoxy) is 4. The van der Waals surface area contributed by atoms with Crippen molar-refractivity contribution in [3.63, 3.8) is 0 Å². The minimum atomic E-state index is -4.96. The van der Waals surface area contributed by atoms with Gasteiger partial charge in [-0.15, -0.1) is 0 Å². The highest BCUT2D eigenvalue weighted by atomic mass is 31.2. The van der Waals surface area contributed by atoms with Crippen molar-refractivity contribution in [2.45, 2.75) is 348 Å². The normalized spacial score (nSPS) is 14.3. The fraction of sp³-hybridized carbons (Fsp3) is 0.884. The van der Waals surface area contributed by atoms with Crippen molar-refractivity contribution in [3.8, 4) is 0 Å². The van der Waals surface area contributed by atoms with Crippen LogP contribution in [0.5, 0.6) is 0 Å². The molecule has 88 heavy (non-hydrogen) atoms. The largest absolute Gasteiger partial charge is 0.472 e. The van der Waals surface area contributed by atoms with Crippen LogP contribution in [0.25, 0.3) is 0 Å². The van der Waals surface area contributed by atoms with Crippen LogP contribution in [-0.4, -0.2) is 96.7 Å². The number of aliphatic hydroxyl groups excluding tert-OH is 1. The zero-order valence-electron chi connectivity index (χ0n) is 56.3. The first kappa shape index (κ1) is 85.5. The molecule has 2 unspecified atom stereocenters. The van der Waals surface area contributed by atoms with Gasteiger partial charge in [0.2, 0.25) is 0 Å². The summed E-state index contributed by atoms with van der Waals surface area (Å²) in [4.78, 5) is 72.4. The fourth-order valence-corrected chi connectivity index (χ4v) is 11.5. The molecule has 0 heterocycles. The predicted molar refractivity (Wildman–Crippen MR) is 354 cm³/mol. The molecule has 0 bridgehead atoms. The molecule has 19 heteroatoms. The molecular formula is C69H130O17P2. The Morgan fingerprint density at radius 2 is 0.614 bits per heavy atom. The van der Waals surface area contributed by atoms with Gasteiger partial charge in [0, 0.05) is 25.7 Å². The number of esters is 4. The number of carbonyl (C=O) groups is 4. The van der Waals surface area contributed by atoms with Gasteiger partial charge in [0.25, 0.3) is 0 Å². The van der Waals surface area contributed by atoms with E-state index < -0.39 is 97.5 Å². The monoisotopic (exact) mass is 1290 g/mol. The van der Waals surface area contributed by atoms with Crippen LogP contribution < -0.4 is 0 Å². The standard InChI is InChI=1S/C69H130O17P2/c1-6-9-12-15-18-21-24-25-26-27-30-33-40-45-50-55-69(74)86-65(59-80-67(72)53-48-43-38-35-34-36-41-46-51-62(4)5)61-84-88(77,78)82-57-63(70)56-81-87(75,76)83-60-64(85-68(73)54-49-44-39-32-29-23-20-17-14-11-8-3)58-79-66(71)52-47-42-37-31-28-22-19-16-13-10-7-2/h21,24-26,62-65,70H,6-20,22-23,27-61H2,1-5H3,(H,75,76)(H,77,78)/b24-21-,26-25-/t63-,64+,65+/m0/s1. The summed E-state index contributed by atoms with van der Waals surface area (Å²) < 4.78 is 68.2. The smallest absolute Gasteiger partial charge is 0.462 e. The van der Waals surface area contributed by atoms with E-state index in [2.05, 4.69) is 58.9 Å².